The summed E-state index contributed by atoms with van der Waals surface area (Å²) in [7, 11) is 1.74. The molecule has 0 aromatic rings. The molecule has 0 atom stereocenters. The molecule has 0 saturated carbocycles. The summed E-state index contributed by atoms with van der Waals surface area (Å²) in [6.07, 6.45) is 6.56. The van der Waals surface area contributed by atoms with Gasteiger partial charge in [-0.25, -0.2) is 0 Å². The van der Waals surface area contributed by atoms with Crippen LogP contribution in [0.5, 0.6) is 0 Å². The fourth-order valence-electron chi connectivity index (χ4n) is 2.11. The van der Waals surface area contributed by atoms with Gasteiger partial charge in [-0.2, -0.15) is 0 Å². The van der Waals surface area contributed by atoms with Gasteiger partial charge in [0.1, 0.15) is 0 Å². The lowest BCUT2D eigenvalue weighted by molar-refractivity contribution is 0.199. The Hall–Kier alpha value is -0.120. The van der Waals surface area contributed by atoms with Crippen LogP contribution in [-0.2, 0) is 4.74 Å². The van der Waals surface area contributed by atoms with Gasteiger partial charge < -0.3 is 15.4 Å². The monoisotopic (exact) mass is 244 g/mol. The largest absolute Gasteiger partial charge is 0.383 e. The highest BCUT2D eigenvalue weighted by molar-refractivity contribution is 4.62. The van der Waals surface area contributed by atoms with Crippen molar-refractivity contribution in [2.75, 3.05) is 39.9 Å². The maximum absolute atomic E-state index is 4.98. The summed E-state index contributed by atoms with van der Waals surface area (Å²) in [5.41, 5.74) is 0. The van der Waals surface area contributed by atoms with Gasteiger partial charge in [0.25, 0.3) is 0 Å². The Kier molecular flexibility index (Phi) is 13.8. The molecule has 0 bridgehead atoms. The predicted molar refractivity (Wildman–Crippen MR) is 75.5 cm³/mol. The summed E-state index contributed by atoms with van der Waals surface area (Å²) in [5, 5.41) is 6.93. The minimum Gasteiger partial charge on any atom is -0.383 e. The molecule has 3 nitrogen and oxygen atoms in total. The first-order chi connectivity index (χ1) is 8.35. The SMILES string of the molecule is CCCC(CCC)CNCCCNCCOC. The van der Waals surface area contributed by atoms with Crippen molar-refractivity contribution in [2.24, 2.45) is 5.92 Å². The Bertz CT molecular complexity index is 136. The summed E-state index contributed by atoms with van der Waals surface area (Å²) >= 11 is 0. The number of hydrogen-bond acceptors (Lipinski definition) is 3. The molecular formula is C14H32N2O. The number of rotatable bonds is 13. The molecule has 0 saturated heterocycles. The molecule has 0 heterocycles. The first kappa shape index (κ1) is 16.9. The number of methoxy groups -OCH3 is 1. The van der Waals surface area contributed by atoms with Crippen molar-refractivity contribution in [1.29, 1.82) is 0 Å². The summed E-state index contributed by atoms with van der Waals surface area (Å²) in [5.74, 6) is 0.881. The maximum Gasteiger partial charge on any atom is 0.0587 e. The molecule has 0 aliphatic carbocycles. The first-order valence-corrected chi connectivity index (χ1v) is 7.25. The van der Waals surface area contributed by atoms with Gasteiger partial charge in [-0.3, -0.25) is 0 Å². The van der Waals surface area contributed by atoms with E-state index in [-0.39, 0.29) is 0 Å². The van der Waals surface area contributed by atoms with E-state index in [9.17, 15) is 0 Å². The molecule has 0 amide bonds. The fourth-order valence-corrected chi connectivity index (χ4v) is 2.11. The molecule has 0 spiro atoms. The molecule has 0 unspecified atom stereocenters. The van der Waals surface area contributed by atoms with Gasteiger partial charge in [-0.05, 0) is 44.8 Å². The topological polar surface area (TPSA) is 33.3 Å². The lowest BCUT2D eigenvalue weighted by atomic mass is 9.98. The number of hydrogen-bond donors (Lipinski definition) is 2. The van der Waals surface area contributed by atoms with Crippen LogP contribution in [0, 0.1) is 5.92 Å². The second-order valence-electron chi connectivity index (χ2n) is 4.74. The summed E-state index contributed by atoms with van der Waals surface area (Å²) in [6, 6.07) is 0. The third-order valence-electron chi connectivity index (χ3n) is 3.02. The second kappa shape index (κ2) is 13.9. The van der Waals surface area contributed by atoms with Crippen LogP contribution in [0.15, 0.2) is 0 Å². The molecule has 0 aromatic heterocycles. The van der Waals surface area contributed by atoms with Gasteiger partial charge in [-0.1, -0.05) is 26.7 Å². The van der Waals surface area contributed by atoms with Crippen LogP contribution in [0.25, 0.3) is 0 Å². The van der Waals surface area contributed by atoms with E-state index < -0.39 is 0 Å². The van der Waals surface area contributed by atoms with E-state index in [1.165, 1.54) is 38.6 Å². The van der Waals surface area contributed by atoms with E-state index in [4.69, 9.17) is 4.74 Å². The highest BCUT2D eigenvalue weighted by atomic mass is 16.5. The van der Waals surface area contributed by atoms with E-state index >= 15 is 0 Å². The van der Waals surface area contributed by atoms with Gasteiger partial charge >= 0.3 is 0 Å². The smallest absolute Gasteiger partial charge is 0.0587 e. The third-order valence-corrected chi connectivity index (χ3v) is 3.02. The Morgan fingerprint density at radius 2 is 1.59 bits per heavy atom. The summed E-state index contributed by atoms with van der Waals surface area (Å²) in [6.45, 7) is 9.74. The standard InChI is InChI=1S/C14H32N2O/c1-4-7-14(8-5-2)13-16-10-6-9-15-11-12-17-3/h14-16H,4-13H2,1-3H3. The van der Waals surface area contributed by atoms with Crippen molar-refractivity contribution in [3.05, 3.63) is 0 Å². The molecule has 0 fully saturated rings. The maximum atomic E-state index is 4.98. The zero-order valence-corrected chi connectivity index (χ0v) is 12.1. The number of nitrogens with one attached hydrogen (secondary N) is 2. The van der Waals surface area contributed by atoms with Crippen LogP contribution in [0.2, 0.25) is 0 Å². The Morgan fingerprint density at radius 1 is 0.941 bits per heavy atom. The Labute approximate surface area is 108 Å². The van der Waals surface area contributed by atoms with E-state index in [1.54, 1.807) is 7.11 Å². The van der Waals surface area contributed by atoms with E-state index in [0.29, 0.717) is 0 Å². The molecule has 0 aromatic carbocycles. The van der Waals surface area contributed by atoms with E-state index in [2.05, 4.69) is 24.5 Å². The lowest BCUT2D eigenvalue weighted by Crippen LogP contribution is -2.27. The molecule has 0 aliphatic rings. The molecule has 17 heavy (non-hydrogen) atoms. The zero-order valence-electron chi connectivity index (χ0n) is 12.1. The zero-order chi connectivity index (χ0) is 12.8. The summed E-state index contributed by atoms with van der Waals surface area (Å²) in [4.78, 5) is 0. The van der Waals surface area contributed by atoms with Gasteiger partial charge in [0.15, 0.2) is 0 Å². The average Bonchev–Trinajstić information content (AvgIpc) is 2.33. The van der Waals surface area contributed by atoms with Crippen LogP contribution in [0.4, 0.5) is 0 Å². The molecule has 104 valence electrons. The van der Waals surface area contributed by atoms with Crippen molar-refractivity contribution in [3.8, 4) is 0 Å². The molecule has 0 radical (unpaired) electrons. The van der Waals surface area contributed by atoms with Gasteiger partial charge in [0.05, 0.1) is 6.61 Å². The van der Waals surface area contributed by atoms with Gasteiger partial charge in [-0.15, -0.1) is 0 Å². The van der Waals surface area contributed by atoms with Crippen molar-refractivity contribution in [2.45, 2.75) is 46.0 Å². The number of ether oxygens (including phenoxy) is 1. The van der Waals surface area contributed by atoms with Crippen LogP contribution in [0.3, 0.4) is 0 Å². The van der Waals surface area contributed by atoms with Crippen LogP contribution in [-0.4, -0.2) is 39.9 Å². The highest BCUT2D eigenvalue weighted by Gasteiger charge is 2.05. The van der Waals surface area contributed by atoms with Crippen molar-refractivity contribution < 1.29 is 4.74 Å². The predicted octanol–water partition coefficient (Wildman–Crippen LogP) is 2.42. The molecular weight excluding hydrogens is 212 g/mol. The van der Waals surface area contributed by atoms with Crippen LogP contribution >= 0.6 is 0 Å². The molecule has 0 aliphatic heterocycles. The van der Waals surface area contributed by atoms with E-state index in [0.717, 1.165) is 32.2 Å². The molecule has 0 rings (SSSR count). The minimum atomic E-state index is 0.808. The third kappa shape index (κ3) is 12.1. The minimum absolute atomic E-state index is 0.808. The van der Waals surface area contributed by atoms with Crippen LogP contribution in [0.1, 0.15) is 46.0 Å². The fraction of sp³-hybridized carbons (Fsp3) is 1.00. The van der Waals surface area contributed by atoms with Crippen molar-refractivity contribution in [1.82, 2.24) is 10.6 Å². The average molecular weight is 244 g/mol. The van der Waals surface area contributed by atoms with Crippen molar-refractivity contribution >= 4 is 0 Å². The van der Waals surface area contributed by atoms with Crippen molar-refractivity contribution in [3.63, 3.8) is 0 Å². The van der Waals surface area contributed by atoms with Crippen LogP contribution < -0.4 is 10.6 Å². The first-order valence-electron chi connectivity index (χ1n) is 7.25. The Morgan fingerprint density at radius 3 is 2.18 bits per heavy atom. The van der Waals surface area contributed by atoms with E-state index in [1.807, 2.05) is 0 Å². The quantitative estimate of drug-likeness (QED) is 0.488. The van der Waals surface area contributed by atoms with Gasteiger partial charge in [0, 0.05) is 13.7 Å². The van der Waals surface area contributed by atoms with Gasteiger partial charge in [0.2, 0.25) is 0 Å². The lowest BCUT2D eigenvalue weighted by Gasteiger charge is -2.16. The summed E-state index contributed by atoms with van der Waals surface area (Å²) < 4.78 is 4.98. The molecule has 3 heteroatoms. The Balaban J connectivity index is 3.23. The second-order valence-corrected chi connectivity index (χ2v) is 4.74. The normalized spacial score (nSPS) is 11.3. The molecule has 2 N–H and O–H groups in total. The highest BCUT2D eigenvalue weighted by Crippen LogP contribution is 2.11.